The van der Waals surface area contributed by atoms with Crippen LogP contribution in [0.4, 0.5) is 52.7 Å². The second-order valence-electron chi connectivity index (χ2n) is 6.01. The predicted octanol–water partition coefficient (Wildman–Crippen LogP) is 7.93. The molecular weight excluding hydrogens is 488 g/mol. The van der Waals surface area contributed by atoms with E-state index in [2.05, 4.69) is 9.47 Å². The van der Waals surface area contributed by atoms with Gasteiger partial charge in [-0.05, 0) is 12.1 Å². The van der Waals surface area contributed by atoms with E-state index in [-0.39, 0.29) is 12.1 Å². The molecule has 180 valence electrons. The fourth-order valence-electron chi connectivity index (χ4n) is 2.92. The van der Waals surface area contributed by atoms with Crippen molar-refractivity contribution in [2.75, 3.05) is 0 Å². The number of alkyl halides is 6. The fraction of sp³-hybridized carbons (Fsp3) is 0.158. The number of hydrogen-bond acceptors (Lipinski definition) is 2. The third kappa shape index (κ3) is 4.88. The summed E-state index contributed by atoms with van der Waals surface area (Å²) in [6, 6.07) is -1.91. The summed E-state index contributed by atoms with van der Waals surface area (Å²) >= 11 is 0. The third-order valence-electron chi connectivity index (χ3n) is 4.13. The summed E-state index contributed by atoms with van der Waals surface area (Å²) in [5, 5.41) is 0. The van der Waals surface area contributed by atoms with Crippen molar-refractivity contribution in [3.63, 3.8) is 0 Å². The van der Waals surface area contributed by atoms with Gasteiger partial charge in [0, 0.05) is 11.1 Å². The normalized spacial score (nSPS) is 12.2. The number of rotatable bonds is 6. The molecule has 0 bridgehead atoms. The van der Waals surface area contributed by atoms with Gasteiger partial charge in [-0.1, -0.05) is 36.4 Å². The van der Waals surface area contributed by atoms with E-state index in [9.17, 15) is 52.7 Å². The van der Waals surface area contributed by atoms with Crippen LogP contribution in [0.5, 0.6) is 11.5 Å². The van der Waals surface area contributed by atoms with E-state index in [0.717, 1.165) is 12.1 Å². The third-order valence-corrected chi connectivity index (χ3v) is 4.13. The summed E-state index contributed by atoms with van der Waals surface area (Å²) in [6.45, 7) is 0. The first-order valence-electron chi connectivity index (χ1n) is 8.24. The molecule has 0 atom stereocenters. The summed E-state index contributed by atoms with van der Waals surface area (Å²) in [5.41, 5.74) is -9.14. The van der Waals surface area contributed by atoms with E-state index in [4.69, 9.17) is 0 Å². The predicted molar refractivity (Wildman–Crippen MR) is 87.7 cm³/mol. The zero-order chi connectivity index (χ0) is 25.2. The van der Waals surface area contributed by atoms with Crippen molar-refractivity contribution < 1.29 is 62.2 Å². The molecule has 0 aliphatic heterocycles. The maximum absolute atomic E-state index is 14.3. The molecule has 0 fully saturated rings. The number of hydrogen-bond donors (Lipinski definition) is 0. The van der Waals surface area contributed by atoms with Crippen molar-refractivity contribution in [2.24, 2.45) is 0 Å². The summed E-state index contributed by atoms with van der Waals surface area (Å²) in [7, 11) is 0. The molecule has 2 rings (SSSR count). The summed E-state index contributed by atoms with van der Waals surface area (Å²) in [5.74, 6) is -3.28. The van der Waals surface area contributed by atoms with E-state index in [0.29, 0.717) is 24.3 Å². The Hall–Kier alpha value is -3.32. The Morgan fingerprint density at radius 1 is 0.515 bits per heavy atom. The summed E-state index contributed by atoms with van der Waals surface area (Å²) < 4.78 is 170. The van der Waals surface area contributed by atoms with Crippen LogP contribution in [-0.4, -0.2) is 12.4 Å². The SMILES string of the molecule is FC(F)=C(F)Oc1ccccc1C(c1ccccc1OC(F)=C(F)F)(C(F)(F)F)C(F)(F)F. The number of para-hydroxylation sites is 2. The molecule has 14 heteroatoms. The molecule has 0 amide bonds. The minimum atomic E-state index is -6.40. The lowest BCUT2D eigenvalue weighted by Crippen LogP contribution is -2.55. The molecule has 0 aliphatic carbocycles. The lowest BCUT2D eigenvalue weighted by molar-refractivity contribution is -0.289. The second-order valence-corrected chi connectivity index (χ2v) is 6.01. The lowest BCUT2D eigenvalue weighted by Gasteiger charge is -2.39. The Kier molecular flexibility index (Phi) is 7.29. The van der Waals surface area contributed by atoms with Gasteiger partial charge in [0.1, 0.15) is 11.5 Å². The minimum Gasteiger partial charge on any atom is -0.427 e. The molecule has 2 aromatic rings. The standard InChI is InChI=1S/C19H8F12O2/c20-13(21)15(24)32-11-7-3-1-5-9(11)17(18(26,27)28,19(29,30)31)10-6-2-4-8-12(10)33-16(25)14(22)23/h1-8H. The van der Waals surface area contributed by atoms with Gasteiger partial charge >= 0.3 is 36.5 Å². The Bertz CT molecular complexity index is 975. The van der Waals surface area contributed by atoms with Crippen LogP contribution in [0.1, 0.15) is 11.1 Å². The van der Waals surface area contributed by atoms with Crippen molar-refractivity contribution in [1.29, 1.82) is 0 Å². The van der Waals surface area contributed by atoms with Gasteiger partial charge in [-0.2, -0.15) is 52.7 Å². The summed E-state index contributed by atoms with van der Waals surface area (Å²) in [4.78, 5) is 0. The van der Waals surface area contributed by atoms with E-state index in [1.165, 1.54) is 0 Å². The molecule has 0 saturated carbocycles. The van der Waals surface area contributed by atoms with Gasteiger partial charge in [0.05, 0.1) is 0 Å². The highest BCUT2D eigenvalue weighted by molar-refractivity contribution is 5.55. The van der Waals surface area contributed by atoms with Crippen molar-refractivity contribution in [3.8, 4) is 11.5 Å². The Balaban J connectivity index is 3.02. The smallest absolute Gasteiger partial charge is 0.411 e. The van der Waals surface area contributed by atoms with Crippen molar-refractivity contribution in [2.45, 2.75) is 17.8 Å². The molecule has 0 N–H and O–H groups in total. The average molecular weight is 496 g/mol. The van der Waals surface area contributed by atoms with Gasteiger partial charge in [0.15, 0.2) is 0 Å². The molecule has 0 heterocycles. The topological polar surface area (TPSA) is 18.5 Å². The van der Waals surface area contributed by atoms with Crippen LogP contribution in [0.3, 0.4) is 0 Å². The molecule has 0 saturated heterocycles. The quantitative estimate of drug-likeness (QED) is 0.299. The first kappa shape index (κ1) is 25.9. The van der Waals surface area contributed by atoms with Crippen LogP contribution in [-0.2, 0) is 5.41 Å². The van der Waals surface area contributed by atoms with Gasteiger partial charge in [0.25, 0.3) is 0 Å². The average Bonchev–Trinajstić information content (AvgIpc) is 2.68. The monoisotopic (exact) mass is 496 g/mol. The van der Waals surface area contributed by atoms with E-state index >= 15 is 0 Å². The zero-order valence-corrected chi connectivity index (χ0v) is 15.5. The zero-order valence-electron chi connectivity index (χ0n) is 15.5. The van der Waals surface area contributed by atoms with Gasteiger partial charge in [-0.3, -0.25) is 0 Å². The fourth-order valence-corrected chi connectivity index (χ4v) is 2.92. The van der Waals surface area contributed by atoms with Crippen LogP contribution in [0, 0.1) is 0 Å². The minimum absolute atomic E-state index is 0.137. The number of halogens is 12. The molecule has 33 heavy (non-hydrogen) atoms. The van der Waals surface area contributed by atoms with Gasteiger partial charge in [-0.25, -0.2) is 0 Å². The Morgan fingerprint density at radius 2 is 0.818 bits per heavy atom. The van der Waals surface area contributed by atoms with E-state index < -0.39 is 64.6 Å². The number of benzene rings is 2. The Labute approximate surface area is 176 Å². The van der Waals surface area contributed by atoms with Gasteiger partial charge in [0.2, 0.25) is 5.41 Å². The van der Waals surface area contributed by atoms with E-state index in [1.54, 1.807) is 0 Å². The van der Waals surface area contributed by atoms with Crippen LogP contribution < -0.4 is 9.47 Å². The van der Waals surface area contributed by atoms with Crippen molar-refractivity contribution in [3.05, 3.63) is 83.8 Å². The molecular formula is C19H8F12O2. The molecule has 2 aromatic carbocycles. The molecule has 0 aliphatic rings. The molecule has 2 nitrogen and oxygen atoms in total. The maximum Gasteiger partial charge on any atom is 0.411 e. The Morgan fingerprint density at radius 3 is 1.09 bits per heavy atom. The van der Waals surface area contributed by atoms with Crippen LogP contribution >= 0.6 is 0 Å². The van der Waals surface area contributed by atoms with Crippen molar-refractivity contribution >= 4 is 0 Å². The van der Waals surface area contributed by atoms with Crippen LogP contribution in [0.15, 0.2) is 72.7 Å². The van der Waals surface area contributed by atoms with E-state index in [1.807, 2.05) is 0 Å². The summed E-state index contributed by atoms with van der Waals surface area (Å²) in [6.07, 6.45) is -19.2. The second kappa shape index (κ2) is 9.27. The van der Waals surface area contributed by atoms with Crippen LogP contribution in [0.25, 0.3) is 0 Å². The maximum atomic E-state index is 14.3. The highest BCUT2D eigenvalue weighted by Gasteiger charge is 2.74. The first-order valence-corrected chi connectivity index (χ1v) is 8.24. The van der Waals surface area contributed by atoms with Gasteiger partial charge in [-0.15, -0.1) is 0 Å². The van der Waals surface area contributed by atoms with Crippen LogP contribution in [0.2, 0.25) is 0 Å². The lowest BCUT2D eigenvalue weighted by atomic mass is 9.72. The largest absolute Gasteiger partial charge is 0.427 e. The first-order chi connectivity index (χ1) is 15.1. The highest BCUT2D eigenvalue weighted by atomic mass is 19.4. The molecule has 0 unspecified atom stereocenters. The number of ether oxygens (including phenoxy) is 2. The van der Waals surface area contributed by atoms with Gasteiger partial charge < -0.3 is 9.47 Å². The molecule has 0 spiro atoms. The van der Waals surface area contributed by atoms with Crippen molar-refractivity contribution in [1.82, 2.24) is 0 Å². The molecule has 0 radical (unpaired) electrons. The molecule has 0 aromatic heterocycles. The highest BCUT2D eigenvalue weighted by Crippen LogP contribution is 2.60.